The molecule has 2 N–H and O–H groups in total. The summed E-state index contributed by atoms with van der Waals surface area (Å²) in [5, 5.41) is 12.8. The first-order valence-corrected chi connectivity index (χ1v) is 8.88. The van der Waals surface area contributed by atoms with Crippen LogP contribution in [0.2, 0.25) is 0 Å². The summed E-state index contributed by atoms with van der Waals surface area (Å²) in [6.45, 7) is 2.74. The molecule has 0 bridgehead atoms. The van der Waals surface area contributed by atoms with Gasteiger partial charge in [-0.3, -0.25) is 14.4 Å². The van der Waals surface area contributed by atoms with Crippen molar-refractivity contribution in [2.75, 3.05) is 5.32 Å². The Hall–Kier alpha value is -4.12. The number of alkyl halides is 3. The third-order valence-electron chi connectivity index (χ3n) is 4.69. The maximum atomic E-state index is 13.5. The number of amides is 2. The molecule has 0 saturated carbocycles. The quantitative estimate of drug-likeness (QED) is 0.318. The van der Waals surface area contributed by atoms with E-state index in [4.69, 9.17) is 11.7 Å². The number of anilines is 1. The van der Waals surface area contributed by atoms with Crippen LogP contribution in [-0.2, 0) is 11.8 Å². The highest BCUT2D eigenvalue weighted by molar-refractivity contribution is 6.43. The lowest BCUT2D eigenvalue weighted by Crippen LogP contribution is -2.47. The fourth-order valence-electron chi connectivity index (χ4n) is 3.04. The molecule has 1 heterocycles. The highest BCUT2D eigenvalue weighted by atomic mass is 19.4. The van der Waals surface area contributed by atoms with Crippen molar-refractivity contribution in [3.8, 4) is 18.4 Å². The monoisotopic (exact) mass is 448 g/mol. The summed E-state index contributed by atoms with van der Waals surface area (Å²) in [6, 6.07) is 2.28. The SMILES string of the molecule is C#C[C@H](NC(=O)C(=O)c1c(C)c(C(=O)Nc2ccc(F)c(C#N)c2)n(C)c1C)C(F)(F)F. The second kappa shape index (κ2) is 8.94. The number of nitriles is 1. The van der Waals surface area contributed by atoms with Crippen molar-refractivity contribution >= 4 is 23.3 Å². The molecule has 32 heavy (non-hydrogen) atoms. The fraction of sp³-hybridized carbons (Fsp3) is 0.238. The molecule has 0 aliphatic carbocycles. The molecule has 2 amide bonds. The van der Waals surface area contributed by atoms with Gasteiger partial charge in [0.15, 0.2) is 6.04 Å². The van der Waals surface area contributed by atoms with E-state index in [1.54, 1.807) is 6.07 Å². The van der Waals surface area contributed by atoms with Crippen LogP contribution in [0.5, 0.6) is 0 Å². The maximum Gasteiger partial charge on any atom is 0.420 e. The van der Waals surface area contributed by atoms with E-state index >= 15 is 0 Å². The lowest BCUT2D eigenvalue weighted by atomic mass is 10.0. The van der Waals surface area contributed by atoms with Gasteiger partial charge >= 0.3 is 6.18 Å². The molecule has 0 radical (unpaired) electrons. The number of nitrogens with zero attached hydrogens (tertiary/aromatic N) is 2. The zero-order chi connectivity index (χ0) is 24.4. The van der Waals surface area contributed by atoms with E-state index in [2.05, 4.69) is 5.32 Å². The van der Waals surface area contributed by atoms with Gasteiger partial charge in [0.25, 0.3) is 17.6 Å². The van der Waals surface area contributed by atoms with Gasteiger partial charge in [0.2, 0.25) is 0 Å². The van der Waals surface area contributed by atoms with Crippen LogP contribution in [0, 0.1) is 43.3 Å². The highest BCUT2D eigenvalue weighted by Gasteiger charge is 2.41. The average molecular weight is 448 g/mol. The number of halogens is 4. The molecular weight excluding hydrogens is 432 g/mol. The minimum Gasteiger partial charge on any atom is -0.343 e. The predicted molar refractivity (Wildman–Crippen MR) is 105 cm³/mol. The molecule has 0 fully saturated rings. The molecule has 0 unspecified atom stereocenters. The largest absolute Gasteiger partial charge is 0.420 e. The van der Waals surface area contributed by atoms with Crippen LogP contribution in [0.1, 0.15) is 37.7 Å². The summed E-state index contributed by atoms with van der Waals surface area (Å²) >= 11 is 0. The second-order valence-corrected chi connectivity index (χ2v) is 6.70. The summed E-state index contributed by atoms with van der Waals surface area (Å²) in [5.74, 6) is -3.05. The number of carbonyl (C=O) groups excluding carboxylic acids is 3. The van der Waals surface area contributed by atoms with E-state index in [1.165, 1.54) is 42.8 Å². The van der Waals surface area contributed by atoms with Crippen molar-refractivity contribution in [2.45, 2.75) is 26.1 Å². The van der Waals surface area contributed by atoms with Crippen LogP contribution < -0.4 is 10.6 Å². The number of benzene rings is 1. The lowest BCUT2D eigenvalue weighted by Gasteiger charge is -2.15. The average Bonchev–Trinajstić information content (AvgIpc) is 2.94. The Bertz CT molecular complexity index is 1200. The van der Waals surface area contributed by atoms with Crippen molar-refractivity contribution in [2.24, 2.45) is 7.05 Å². The molecule has 0 spiro atoms. The third kappa shape index (κ3) is 4.62. The van der Waals surface area contributed by atoms with Crippen molar-refractivity contribution in [3.05, 3.63) is 52.1 Å². The number of carbonyl (C=O) groups is 3. The van der Waals surface area contributed by atoms with Gasteiger partial charge in [0, 0.05) is 18.4 Å². The highest BCUT2D eigenvalue weighted by Crippen LogP contribution is 2.24. The molecule has 1 aromatic heterocycles. The molecular formula is C21H16F4N4O3. The lowest BCUT2D eigenvalue weighted by molar-refractivity contribution is -0.148. The third-order valence-corrected chi connectivity index (χ3v) is 4.69. The molecule has 2 aromatic rings. The zero-order valence-electron chi connectivity index (χ0n) is 17.0. The first-order chi connectivity index (χ1) is 14.8. The smallest absolute Gasteiger partial charge is 0.343 e. The number of ketones is 1. The molecule has 11 heteroatoms. The van der Waals surface area contributed by atoms with Gasteiger partial charge in [0.1, 0.15) is 17.6 Å². The molecule has 166 valence electrons. The first-order valence-electron chi connectivity index (χ1n) is 8.88. The molecule has 0 aliphatic rings. The molecule has 0 aliphatic heterocycles. The topological polar surface area (TPSA) is 104 Å². The number of nitrogens with one attached hydrogen (secondary N) is 2. The Labute approximate surface area is 180 Å². The molecule has 1 atom stereocenters. The standard InChI is InChI=1S/C21H16F4N4O3/c1-5-15(21(23,24)25)28-20(32)18(30)16-10(2)17(29(4)11(16)3)19(31)27-13-6-7-14(22)12(8-13)9-26/h1,6-8,15H,2-4H3,(H,27,31)(H,28,32)/t15-/m0/s1. The Morgan fingerprint density at radius 3 is 2.38 bits per heavy atom. The van der Waals surface area contributed by atoms with E-state index < -0.39 is 35.6 Å². The Morgan fingerprint density at radius 1 is 1.22 bits per heavy atom. The maximum absolute atomic E-state index is 13.5. The van der Waals surface area contributed by atoms with Crippen molar-refractivity contribution in [1.29, 1.82) is 5.26 Å². The van der Waals surface area contributed by atoms with Gasteiger partial charge < -0.3 is 15.2 Å². The van der Waals surface area contributed by atoms with Gasteiger partial charge in [-0.1, -0.05) is 5.92 Å². The zero-order valence-corrected chi connectivity index (χ0v) is 17.0. The van der Waals surface area contributed by atoms with E-state index in [9.17, 15) is 31.9 Å². The van der Waals surface area contributed by atoms with E-state index in [-0.39, 0.29) is 33.8 Å². The number of hydrogen-bond donors (Lipinski definition) is 2. The van der Waals surface area contributed by atoms with Gasteiger partial charge in [-0.25, -0.2) is 4.39 Å². The number of terminal acetylenes is 1. The van der Waals surface area contributed by atoms with E-state index in [0.29, 0.717) is 0 Å². The van der Waals surface area contributed by atoms with Crippen LogP contribution in [-0.4, -0.2) is 34.4 Å². The van der Waals surface area contributed by atoms with Crippen molar-refractivity contribution in [3.63, 3.8) is 0 Å². The van der Waals surface area contributed by atoms with Crippen molar-refractivity contribution in [1.82, 2.24) is 9.88 Å². The van der Waals surface area contributed by atoms with Crippen LogP contribution in [0.25, 0.3) is 0 Å². The predicted octanol–water partition coefficient (Wildman–Crippen LogP) is 2.77. The number of aromatic nitrogens is 1. The van der Waals surface area contributed by atoms with Gasteiger partial charge in [-0.2, -0.15) is 18.4 Å². The van der Waals surface area contributed by atoms with Crippen LogP contribution >= 0.6 is 0 Å². The van der Waals surface area contributed by atoms with Crippen LogP contribution in [0.4, 0.5) is 23.2 Å². The summed E-state index contributed by atoms with van der Waals surface area (Å²) in [6.07, 6.45) is -0.170. The molecule has 0 saturated heterocycles. The van der Waals surface area contributed by atoms with Gasteiger partial charge in [0.05, 0.1) is 11.1 Å². The van der Waals surface area contributed by atoms with Crippen molar-refractivity contribution < 1.29 is 31.9 Å². The number of rotatable bonds is 5. The Morgan fingerprint density at radius 2 is 1.84 bits per heavy atom. The summed E-state index contributed by atoms with van der Waals surface area (Å²) in [5.41, 5.74) is -0.346. The Kier molecular flexibility index (Phi) is 6.75. The molecule has 2 rings (SSSR count). The van der Waals surface area contributed by atoms with Crippen LogP contribution in [0.3, 0.4) is 0 Å². The molecule has 1 aromatic carbocycles. The Balaban J connectivity index is 2.37. The molecule has 7 nitrogen and oxygen atoms in total. The summed E-state index contributed by atoms with van der Waals surface area (Å²) in [7, 11) is 1.41. The fourth-order valence-corrected chi connectivity index (χ4v) is 3.04. The number of Topliss-reactive ketones (excluding diaryl/α,β-unsaturated/α-hetero) is 1. The first kappa shape index (κ1) is 24.2. The van der Waals surface area contributed by atoms with Gasteiger partial charge in [-0.05, 0) is 37.6 Å². The number of hydrogen-bond acceptors (Lipinski definition) is 4. The summed E-state index contributed by atoms with van der Waals surface area (Å²) < 4.78 is 53.1. The van der Waals surface area contributed by atoms with E-state index in [1.807, 2.05) is 0 Å². The second-order valence-electron chi connectivity index (χ2n) is 6.70. The van der Waals surface area contributed by atoms with Crippen LogP contribution in [0.15, 0.2) is 18.2 Å². The minimum atomic E-state index is -4.95. The minimum absolute atomic E-state index is 0.0366. The normalized spacial score (nSPS) is 11.8. The van der Waals surface area contributed by atoms with E-state index in [0.717, 1.165) is 12.1 Å². The summed E-state index contributed by atoms with van der Waals surface area (Å²) in [4.78, 5) is 37.4. The van der Waals surface area contributed by atoms with Gasteiger partial charge in [-0.15, -0.1) is 6.42 Å².